The van der Waals surface area contributed by atoms with E-state index in [1.807, 2.05) is 0 Å². The fourth-order valence-corrected chi connectivity index (χ4v) is 3.26. The molecule has 1 amide bonds. The number of carbonyl (C=O) groups excluding carboxylic acids is 2. The van der Waals surface area contributed by atoms with Crippen molar-refractivity contribution in [1.29, 1.82) is 0 Å². The van der Waals surface area contributed by atoms with Gasteiger partial charge >= 0.3 is 5.97 Å². The van der Waals surface area contributed by atoms with E-state index in [0.29, 0.717) is 0 Å². The highest BCUT2D eigenvalue weighted by Crippen LogP contribution is 2.23. The number of hydrogen-bond donors (Lipinski definition) is 1. The molecule has 2 aliphatic rings. The molecule has 2 aliphatic carbocycles. The van der Waals surface area contributed by atoms with E-state index < -0.39 is 6.04 Å². The molecule has 124 valence electrons. The van der Waals surface area contributed by atoms with Crippen LogP contribution in [0, 0.1) is 5.92 Å². The van der Waals surface area contributed by atoms with Crippen molar-refractivity contribution in [3.05, 3.63) is 12.2 Å². The molecule has 22 heavy (non-hydrogen) atoms. The molecule has 4 heteroatoms. The summed E-state index contributed by atoms with van der Waals surface area (Å²) in [7, 11) is 0. The summed E-state index contributed by atoms with van der Waals surface area (Å²) < 4.78 is 5.59. The number of allylic oxidation sites excluding steroid dienone is 2. The summed E-state index contributed by atoms with van der Waals surface area (Å²) >= 11 is 0. The zero-order valence-corrected chi connectivity index (χ0v) is 13.7. The number of nitrogens with one attached hydrogen (secondary N) is 1. The molecular formula is C18H29NO3. The van der Waals surface area contributed by atoms with Gasteiger partial charge in [-0.3, -0.25) is 4.79 Å². The van der Waals surface area contributed by atoms with Gasteiger partial charge in [0.25, 0.3) is 0 Å². The summed E-state index contributed by atoms with van der Waals surface area (Å²) in [6.07, 6.45) is 14.6. The Morgan fingerprint density at radius 1 is 1.00 bits per heavy atom. The molecule has 1 saturated carbocycles. The fourth-order valence-electron chi connectivity index (χ4n) is 3.26. The van der Waals surface area contributed by atoms with Crippen molar-refractivity contribution in [3.63, 3.8) is 0 Å². The van der Waals surface area contributed by atoms with Gasteiger partial charge in [0.15, 0.2) is 0 Å². The Labute approximate surface area is 133 Å². The largest absolute Gasteiger partial charge is 0.461 e. The van der Waals surface area contributed by atoms with Gasteiger partial charge in [-0.15, -0.1) is 0 Å². The molecule has 1 N–H and O–H groups in total. The van der Waals surface area contributed by atoms with Gasteiger partial charge in [-0.25, -0.2) is 4.79 Å². The molecule has 2 atom stereocenters. The number of rotatable bonds is 4. The van der Waals surface area contributed by atoms with Gasteiger partial charge in [-0.05, 0) is 51.9 Å². The minimum atomic E-state index is -0.546. The maximum absolute atomic E-state index is 12.2. The molecule has 0 aliphatic heterocycles. The first-order valence-electron chi connectivity index (χ1n) is 8.82. The number of carbonyl (C=O) groups is 2. The Morgan fingerprint density at radius 3 is 2.50 bits per heavy atom. The van der Waals surface area contributed by atoms with Crippen LogP contribution in [-0.4, -0.2) is 24.0 Å². The first kappa shape index (κ1) is 17.0. The topological polar surface area (TPSA) is 55.4 Å². The van der Waals surface area contributed by atoms with Crippen LogP contribution in [0.4, 0.5) is 0 Å². The van der Waals surface area contributed by atoms with E-state index in [1.54, 1.807) is 6.92 Å². The third-order valence-electron chi connectivity index (χ3n) is 4.69. The van der Waals surface area contributed by atoms with Crippen LogP contribution in [0.25, 0.3) is 0 Å². The highest BCUT2D eigenvalue weighted by Gasteiger charge is 2.26. The van der Waals surface area contributed by atoms with Crippen LogP contribution in [0.3, 0.4) is 0 Å². The quantitative estimate of drug-likeness (QED) is 0.639. The minimum Gasteiger partial charge on any atom is -0.461 e. The van der Waals surface area contributed by atoms with Gasteiger partial charge < -0.3 is 10.1 Å². The number of ether oxygens (including phenoxy) is 1. The van der Waals surface area contributed by atoms with E-state index in [-0.39, 0.29) is 23.9 Å². The van der Waals surface area contributed by atoms with E-state index in [2.05, 4.69) is 17.5 Å². The lowest BCUT2D eigenvalue weighted by Gasteiger charge is -2.24. The van der Waals surface area contributed by atoms with Crippen LogP contribution in [0.5, 0.6) is 0 Å². The van der Waals surface area contributed by atoms with Gasteiger partial charge in [0.1, 0.15) is 12.1 Å². The number of hydrogen-bond acceptors (Lipinski definition) is 3. The summed E-state index contributed by atoms with van der Waals surface area (Å²) in [5.74, 6) is -0.195. The molecular weight excluding hydrogens is 278 g/mol. The van der Waals surface area contributed by atoms with Crippen LogP contribution in [0.15, 0.2) is 12.2 Å². The summed E-state index contributed by atoms with van der Waals surface area (Å²) in [5, 5.41) is 2.84. The second-order valence-corrected chi connectivity index (χ2v) is 6.60. The highest BCUT2D eigenvalue weighted by molar-refractivity contribution is 5.85. The lowest BCUT2D eigenvalue weighted by Crippen LogP contribution is -2.44. The highest BCUT2D eigenvalue weighted by atomic mass is 16.5. The van der Waals surface area contributed by atoms with Crippen molar-refractivity contribution in [2.75, 3.05) is 0 Å². The summed E-state index contributed by atoms with van der Waals surface area (Å²) in [5.41, 5.74) is 0. The van der Waals surface area contributed by atoms with Gasteiger partial charge in [-0.2, -0.15) is 0 Å². The molecule has 0 aromatic carbocycles. The van der Waals surface area contributed by atoms with E-state index >= 15 is 0 Å². The summed E-state index contributed by atoms with van der Waals surface area (Å²) in [6, 6.07) is -0.546. The zero-order chi connectivity index (χ0) is 15.8. The Morgan fingerprint density at radius 2 is 1.73 bits per heavy atom. The predicted molar refractivity (Wildman–Crippen MR) is 86.3 cm³/mol. The van der Waals surface area contributed by atoms with Gasteiger partial charge in [0, 0.05) is 5.92 Å². The average molecular weight is 307 g/mol. The lowest BCUT2D eigenvalue weighted by molar-refractivity contribution is -0.153. The molecule has 4 nitrogen and oxygen atoms in total. The van der Waals surface area contributed by atoms with Crippen LogP contribution in [0.1, 0.15) is 71.1 Å². The van der Waals surface area contributed by atoms with Gasteiger partial charge in [0.2, 0.25) is 5.91 Å². The molecule has 2 rings (SSSR count). The van der Waals surface area contributed by atoms with Crippen molar-refractivity contribution in [2.24, 2.45) is 5.92 Å². The molecule has 0 saturated heterocycles. The molecule has 1 unspecified atom stereocenters. The Kier molecular flexibility index (Phi) is 6.94. The van der Waals surface area contributed by atoms with E-state index in [9.17, 15) is 9.59 Å². The minimum absolute atomic E-state index is 0.00789. The molecule has 0 bridgehead atoms. The van der Waals surface area contributed by atoms with Crippen molar-refractivity contribution in [3.8, 4) is 0 Å². The first-order chi connectivity index (χ1) is 10.7. The lowest BCUT2D eigenvalue weighted by atomic mass is 9.88. The standard InChI is InChI=1S/C18H29NO3/c1-14(19-17(20)15-10-6-5-7-11-15)18(21)22-16-12-8-3-2-4-9-13-16/h2-3,14-16H,4-13H2,1H3,(H,19,20)/b3-2-/t14-,16?/m1/s1. The maximum Gasteiger partial charge on any atom is 0.328 e. The molecule has 0 heterocycles. The number of amides is 1. The normalized spacial score (nSPS) is 26.3. The van der Waals surface area contributed by atoms with Crippen LogP contribution in [0.2, 0.25) is 0 Å². The van der Waals surface area contributed by atoms with Crippen molar-refractivity contribution < 1.29 is 14.3 Å². The summed E-state index contributed by atoms with van der Waals surface area (Å²) in [4.78, 5) is 24.4. The van der Waals surface area contributed by atoms with Gasteiger partial charge in [0.05, 0.1) is 0 Å². The molecule has 0 radical (unpaired) electrons. The average Bonchev–Trinajstić information content (AvgIpc) is 2.50. The van der Waals surface area contributed by atoms with E-state index in [1.165, 1.54) is 6.42 Å². The molecule has 0 spiro atoms. The molecule has 1 fully saturated rings. The molecule has 0 aromatic rings. The Bertz CT molecular complexity index is 399. The zero-order valence-electron chi connectivity index (χ0n) is 13.7. The smallest absolute Gasteiger partial charge is 0.328 e. The van der Waals surface area contributed by atoms with Crippen molar-refractivity contribution in [1.82, 2.24) is 5.32 Å². The van der Waals surface area contributed by atoms with Gasteiger partial charge in [-0.1, -0.05) is 31.4 Å². The predicted octanol–water partition coefficient (Wildman–Crippen LogP) is 3.50. The van der Waals surface area contributed by atoms with Crippen LogP contribution in [-0.2, 0) is 14.3 Å². The fraction of sp³-hybridized carbons (Fsp3) is 0.778. The third kappa shape index (κ3) is 5.47. The van der Waals surface area contributed by atoms with Crippen LogP contribution >= 0.6 is 0 Å². The Balaban J connectivity index is 1.75. The second kappa shape index (κ2) is 8.96. The summed E-state index contributed by atoms with van der Waals surface area (Å²) in [6.45, 7) is 1.73. The molecule has 0 aromatic heterocycles. The van der Waals surface area contributed by atoms with E-state index in [4.69, 9.17) is 4.74 Å². The van der Waals surface area contributed by atoms with Crippen LogP contribution < -0.4 is 5.32 Å². The van der Waals surface area contributed by atoms with E-state index in [0.717, 1.165) is 57.8 Å². The van der Waals surface area contributed by atoms with Crippen molar-refractivity contribution in [2.45, 2.75) is 83.3 Å². The number of esters is 1. The Hall–Kier alpha value is -1.32. The SMILES string of the molecule is C[C@@H](NC(=O)C1CCCCC1)C(=O)OC1CC/C=C\CCC1. The monoisotopic (exact) mass is 307 g/mol. The first-order valence-corrected chi connectivity index (χ1v) is 8.82. The second-order valence-electron chi connectivity index (χ2n) is 6.60. The third-order valence-corrected chi connectivity index (χ3v) is 4.69. The maximum atomic E-state index is 12.2. The van der Waals surface area contributed by atoms with Crippen molar-refractivity contribution >= 4 is 11.9 Å².